The van der Waals surface area contributed by atoms with Crippen molar-refractivity contribution in [1.29, 1.82) is 0 Å². The summed E-state index contributed by atoms with van der Waals surface area (Å²) in [6.07, 6.45) is -1.85. The van der Waals surface area contributed by atoms with Gasteiger partial charge in [-0.25, -0.2) is 13.2 Å². The van der Waals surface area contributed by atoms with Gasteiger partial charge in [-0.05, 0) is 42.2 Å². The van der Waals surface area contributed by atoms with E-state index in [1.54, 1.807) is 18.2 Å². The molecule has 25 heavy (non-hydrogen) atoms. The molecule has 1 aromatic carbocycles. The van der Waals surface area contributed by atoms with Gasteiger partial charge in [0.1, 0.15) is 11.6 Å². The highest BCUT2D eigenvalue weighted by molar-refractivity contribution is 5.49. The molecule has 3 heterocycles. The molecule has 0 bridgehead atoms. The maximum Gasteiger partial charge on any atom is 0.299 e. The van der Waals surface area contributed by atoms with E-state index in [1.807, 2.05) is 11.0 Å². The summed E-state index contributed by atoms with van der Waals surface area (Å²) >= 11 is 0. The largest absolute Gasteiger partial charge is 0.348 e. The van der Waals surface area contributed by atoms with Crippen LogP contribution in [0.15, 0.2) is 36.4 Å². The average Bonchev–Trinajstić information content (AvgIpc) is 3.17. The van der Waals surface area contributed by atoms with Gasteiger partial charge < -0.3 is 4.90 Å². The topological polar surface area (TPSA) is 46.3 Å². The monoisotopic (exact) mass is 347 g/mol. The van der Waals surface area contributed by atoms with E-state index in [0.717, 1.165) is 16.5 Å². The molecule has 1 saturated heterocycles. The summed E-state index contributed by atoms with van der Waals surface area (Å²) in [6, 6.07) is 9.78. The lowest BCUT2D eigenvalue weighted by atomic mass is 9.95. The van der Waals surface area contributed by atoms with E-state index in [2.05, 4.69) is 22.2 Å². The van der Waals surface area contributed by atoms with E-state index in [4.69, 9.17) is 0 Å². The second-order valence-corrected chi connectivity index (χ2v) is 6.28. The van der Waals surface area contributed by atoms with Crippen molar-refractivity contribution in [1.82, 2.24) is 19.8 Å². The number of aromatic nitrogens is 4. The first-order chi connectivity index (χ1) is 12.0. The van der Waals surface area contributed by atoms with Crippen LogP contribution in [0.5, 0.6) is 0 Å². The molecule has 1 fully saturated rings. The number of rotatable bonds is 3. The van der Waals surface area contributed by atoms with Crippen LogP contribution in [0.2, 0.25) is 0 Å². The third-order valence-electron chi connectivity index (χ3n) is 4.65. The molecule has 0 saturated carbocycles. The summed E-state index contributed by atoms with van der Waals surface area (Å²) in [5, 5.41) is 11.5. The maximum absolute atomic E-state index is 13.6. The third kappa shape index (κ3) is 2.71. The van der Waals surface area contributed by atoms with Gasteiger partial charge >= 0.3 is 0 Å². The van der Waals surface area contributed by atoms with Crippen LogP contribution in [0, 0.1) is 11.7 Å². The summed E-state index contributed by atoms with van der Waals surface area (Å²) < 4.78 is 40.9. The predicted molar refractivity (Wildman–Crippen MR) is 86.0 cm³/mol. The Morgan fingerprint density at radius 2 is 2.00 bits per heavy atom. The minimum absolute atomic E-state index is 0.0628. The van der Waals surface area contributed by atoms with Crippen molar-refractivity contribution < 1.29 is 13.2 Å². The van der Waals surface area contributed by atoms with Crippen molar-refractivity contribution in [3.63, 3.8) is 0 Å². The lowest BCUT2D eigenvalue weighted by Crippen LogP contribution is -2.26. The van der Waals surface area contributed by atoms with Gasteiger partial charge in [0, 0.05) is 6.54 Å². The minimum atomic E-state index is -2.76. The number of hydrogen-bond acceptors (Lipinski definition) is 4. The van der Waals surface area contributed by atoms with Crippen LogP contribution in [-0.2, 0) is 0 Å². The van der Waals surface area contributed by atoms with Crippen molar-refractivity contribution in [2.75, 3.05) is 11.4 Å². The van der Waals surface area contributed by atoms with Crippen LogP contribution in [0.4, 0.5) is 19.0 Å². The molecular formula is C17H16F3N5. The van der Waals surface area contributed by atoms with Crippen LogP contribution in [-0.4, -0.2) is 26.4 Å². The molecule has 2 aromatic heterocycles. The number of hydrogen-bond donors (Lipinski definition) is 0. The Bertz CT molecular complexity index is 910. The minimum Gasteiger partial charge on any atom is -0.348 e. The SMILES string of the molecule is CC1CCN(c2ccc3nnc(C(F)F)n3n2)C1c1cccc(F)c1. The van der Waals surface area contributed by atoms with Crippen molar-refractivity contribution in [2.45, 2.75) is 25.8 Å². The van der Waals surface area contributed by atoms with Crippen molar-refractivity contribution in [3.8, 4) is 0 Å². The standard InChI is InChI=1S/C17H16F3N5/c1-10-7-8-24(15(10)11-3-2-4-12(18)9-11)14-6-5-13-21-22-17(16(19)20)25(13)23-14/h2-6,9-10,15-16H,7-8H2,1H3. The molecule has 3 aromatic rings. The zero-order valence-electron chi connectivity index (χ0n) is 13.5. The van der Waals surface area contributed by atoms with Gasteiger partial charge in [-0.15, -0.1) is 15.3 Å². The number of halogens is 3. The molecule has 0 radical (unpaired) electrons. The first kappa shape index (κ1) is 15.9. The summed E-state index contributed by atoms with van der Waals surface area (Å²) in [7, 11) is 0. The van der Waals surface area contributed by atoms with E-state index in [-0.39, 0.29) is 23.4 Å². The molecule has 5 nitrogen and oxygen atoms in total. The van der Waals surface area contributed by atoms with Crippen molar-refractivity contribution >= 4 is 11.5 Å². The van der Waals surface area contributed by atoms with E-state index >= 15 is 0 Å². The molecule has 4 rings (SSSR count). The fourth-order valence-corrected chi connectivity index (χ4v) is 3.49. The molecule has 2 unspecified atom stereocenters. The highest BCUT2D eigenvalue weighted by Crippen LogP contribution is 2.39. The third-order valence-corrected chi connectivity index (χ3v) is 4.65. The van der Waals surface area contributed by atoms with Gasteiger partial charge in [0.15, 0.2) is 5.65 Å². The highest BCUT2D eigenvalue weighted by atomic mass is 19.3. The smallest absolute Gasteiger partial charge is 0.299 e. The van der Waals surface area contributed by atoms with Crippen molar-refractivity contribution in [3.05, 3.63) is 53.6 Å². The van der Waals surface area contributed by atoms with E-state index < -0.39 is 12.2 Å². The zero-order chi connectivity index (χ0) is 17.6. The molecule has 1 aliphatic heterocycles. The van der Waals surface area contributed by atoms with Crippen LogP contribution >= 0.6 is 0 Å². The van der Waals surface area contributed by atoms with Crippen LogP contribution in [0.3, 0.4) is 0 Å². The first-order valence-corrected chi connectivity index (χ1v) is 8.07. The maximum atomic E-state index is 13.6. The predicted octanol–water partition coefficient (Wildman–Crippen LogP) is 3.79. The second kappa shape index (κ2) is 6.02. The molecule has 0 aliphatic carbocycles. The Kier molecular flexibility index (Phi) is 3.82. The summed E-state index contributed by atoms with van der Waals surface area (Å²) in [5.41, 5.74) is 1.12. The Morgan fingerprint density at radius 3 is 2.76 bits per heavy atom. The van der Waals surface area contributed by atoms with E-state index in [0.29, 0.717) is 12.4 Å². The van der Waals surface area contributed by atoms with Gasteiger partial charge in [0.25, 0.3) is 6.43 Å². The summed E-state index contributed by atoms with van der Waals surface area (Å²) in [4.78, 5) is 2.02. The molecule has 130 valence electrons. The van der Waals surface area contributed by atoms with Gasteiger partial charge in [0.05, 0.1) is 6.04 Å². The van der Waals surface area contributed by atoms with Gasteiger partial charge in [-0.3, -0.25) is 0 Å². The Morgan fingerprint density at radius 1 is 1.16 bits per heavy atom. The molecule has 1 aliphatic rings. The lowest BCUT2D eigenvalue weighted by Gasteiger charge is -2.28. The number of fused-ring (bicyclic) bond motifs is 1. The normalized spacial score (nSPS) is 20.8. The number of nitrogens with zero attached hydrogens (tertiary/aromatic N) is 5. The Balaban J connectivity index is 1.77. The molecule has 0 spiro atoms. The quantitative estimate of drug-likeness (QED) is 0.723. The molecule has 8 heteroatoms. The summed E-state index contributed by atoms with van der Waals surface area (Å²) in [6.45, 7) is 2.81. The summed E-state index contributed by atoms with van der Waals surface area (Å²) in [5.74, 6) is 0.0627. The number of anilines is 1. The number of benzene rings is 1. The first-order valence-electron chi connectivity index (χ1n) is 8.07. The average molecular weight is 347 g/mol. The lowest BCUT2D eigenvalue weighted by molar-refractivity contribution is 0.137. The zero-order valence-corrected chi connectivity index (χ0v) is 13.5. The molecule has 0 N–H and O–H groups in total. The Hall–Kier alpha value is -2.64. The van der Waals surface area contributed by atoms with Gasteiger partial charge in [-0.2, -0.15) is 4.52 Å². The van der Waals surface area contributed by atoms with Gasteiger partial charge in [-0.1, -0.05) is 19.1 Å². The fraction of sp³-hybridized carbons (Fsp3) is 0.353. The van der Waals surface area contributed by atoms with Gasteiger partial charge in [0.2, 0.25) is 5.82 Å². The molecular weight excluding hydrogens is 331 g/mol. The number of alkyl halides is 2. The van der Waals surface area contributed by atoms with E-state index in [9.17, 15) is 13.2 Å². The van der Waals surface area contributed by atoms with E-state index in [1.165, 1.54) is 12.1 Å². The second-order valence-electron chi connectivity index (χ2n) is 6.28. The Labute approximate surface area is 142 Å². The van der Waals surface area contributed by atoms with Crippen molar-refractivity contribution in [2.24, 2.45) is 5.92 Å². The molecule has 2 atom stereocenters. The fourth-order valence-electron chi connectivity index (χ4n) is 3.49. The molecule has 0 amide bonds. The van der Waals surface area contributed by atoms with Crippen LogP contribution in [0.1, 0.15) is 37.2 Å². The highest BCUT2D eigenvalue weighted by Gasteiger charge is 2.34. The van der Waals surface area contributed by atoms with Crippen LogP contribution < -0.4 is 4.90 Å². The van der Waals surface area contributed by atoms with Crippen LogP contribution in [0.25, 0.3) is 5.65 Å².